The quantitative estimate of drug-likeness (QED) is 0.890. The van der Waals surface area contributed by atoms with Crippen molar-refractivity contribution in [3.63, 3.8) is 0 Å². The number of rotatable bonds is 3. The molecule has 86 valence electrons. The van der Waals surface area contributed by atoms with Gasteiger partial charge in [0, 0.05) is 10.9 Å². The summed E-state index contributed by atoms with van der Waals surface area (Å²) in [5.74, 6) is 0.303. The first kappa shape index (κ1) is 11.4. The Bertz CT molecular complexity index is 521. The van der Waals surface area contributed by atoms with Gasteiger partial charge < -0.3 is 9.73 Å². The van der Waals surface area contributed by atoms with Crippen LogP contribution < -0.4 is 5.32 Å². The van der Waals surface area contributed by atoms with Gasteiger partial charge in [0.15, 0.2) is 11.4 Å². The second-order valence-corrected chi connectivity index (χ2v) is 4.03. The van der Waals surface area contributed by atoms with Crippen LogP contribution in [0.2, 0.25) is 5.02 Å². The highest BCUT2D eigenvalue weighted by molar-refractivity contribution is 6.31. The molecule has 4 heteroatoms. The molecule has 0 aliphatic carbocycles. The van der Waals surface area contributed by atoms with E-state index < -0.39 is 5.82 Å². The van der Waals surface area contributed by atoms with Gasteiger partial charge in [-0.15, -0.1) is 0 Å². The van der Waals surface area contributed by atoms with E-state index in [9.17, 15) is 4.39 Å². The standard InChI is InChI=1S/C12H13ClFNO/c1-3-7-8-4-5-9(13)11(14)12(8)16-10(7)6-15-2/h4-5,15H,3,6H2,1-2H3. The number of benzene rings is 1. The Morgan fingerprint density at radius 3 is 2.81 bits per heavy atom. The second-order valence-electron chi connectivity index (χ2n) is 3.63. The summed E-state index contributed by atoms with van der Waals surface area (Å²) in [6.07, 6.45) is 0.811. The zero-order valence-corrected chi connectivity index (χ0v) is 9.99. The van der Waals surface area contributed by atoms with E-state index in [1.807, 2.05) is 20.0 Å². The van der Waals surface area contributed by atoms with Crippen LogP contribution in [-0.4, -0.2) is 7.05 Å². The van der Waals surface area contributed by atoms with Crippen molar-refractivity contribution < 1.29 is 8.81 Å². The number of aryl methyl sites for hydroxylation is 1. The van der Waals surface area contributed by atoms with Crippen molar-refractivity contribution in [2.24, 2.45) is 0 Å². The highest BCUT2D eigenvalue weighted by atomic mass is 35.5. The molecule has 0 bridgehead atoms. The number of furan rings is 1. The molecule has 0 aliphatic heterocycles. The smallest absolute Gasteiger partial charge is 0.184 e. The van der Waals surface area contributed by atoms with Gasteiger partial charge in [0.1, 0.15) is 5.76 Å². The van der Waals surface area contributed by atoms with E-state index in [0.29, 0.717) is 6.54 Å². The lowest BCUT2D eigenvalue weighted by Gasteiger charge is -1.97. The Kier molecular flexibility index (Phi) is 3.17. The van der Waals surface area contributed by atoms with E-state index in [-0.39, 0.29) is 10.6 Å². The van der Waals surface area contributed by atoms with E-state index in [0.717, 1.165) is 23.1 Å². The maximum absolute atomic E-state index is 13.7. The van der Waals surface area contributed by atoms with Gasteiger partial charge in [0.25, 0.3) is 0 Å². The zero-order valence-electron chi connectivity index (χ0n) is 9.23. The van der Waals surface area contributed by atoms with Crippen LogP contribution >= 0.6 is 11.6 Å². The molecule has 16 heavy (non-hydrogen) atoms. The molecule has 0 radical (unpaired) electrons. The monoisotopic (exact) mass is 241 g/mol. The fourth-order valence-electron chi connectivity index (χ4n) is 1.90. The summed E-state index contributed by atoms with van der Waals surface area (Å²) in [7, 11) is 1.83. The fraction of sp³-hybridized carbons (Fsp3) is 0.333. The van der Waals surface area contributed by atoms with Crippen molar-refractivity contribution in [3.05, 3.63) is 34.3 Å². The Hall–Kier alpha value is -1.06. The van der Waals surface area contributed by atoms with Crippen LogP contribution in [0.3, 0.4) is 0 Å². The molecule has 0 saturated carbocycles. The highest BCUT2D eigenvalue weighted by Crippen LogP contribution is 2.31. The third-order valence-electron chi connectivity index (χ3n) is 2.63. The van der Waals surface area contributed by atoms with E-state index in [4.69, 9.17) is 16.0 Å². The molecule has 1 aromatic heterocycles. The lowest BCUT2D eigenvalue weighted by molar-refractivity contribution is 0.502. The van der Waals surface area contributed by atoms with E-state index in [1.165, 1.54) is 0 Å². The van der Waals surface area contributed by atoms with E-state index in [1.54, 1.807) is 6.07 Å². The zero-order chi connectivity index (χ0) is 11.7. The summed E-state index contributed by atoms with van der Waals surface area (Å²) in [5, 5.41) is 3.92. The molecule has 0 atom stereocenters. The Balaban J connectivity index is 2.71. The predicted octanol–water partition coefficient (Wildman–Crippen LogP) is 3.51. The lowest BCUT2D eigenvalue weighted by atomic mass is 10.1. The molecule has 0 aliphatic rings. The molecule has 2 aromatic rings. The first-order valence-corrected chi connectivity index (χ1v) is 5.59. The highest BCUT2D eigenvalue weighted by Gasteiger charge is 2.16. The van der Waals surface area contributed by atoms with Crippen molar-refractivity contribution in [1.82, 2.24) is 5.32 Å². The van der Waals surface area contributed by atoms with Crippen LogP contribution in [0.5, 0.6) is 0 Å². The third-order valence-corrected chi connectivity index (χ3v) is 2.92. The van der Waals surface area contributed by atoms with Gasteiger partial charge in [-0.3, -0.25) is 0 Å². The molecule has 0 amide bonds. The maximum Gasteiger partial charge on any atom is 0.184 e. The molecule has 2 nitrogen and oxygen atoms in total. The largest absolute Gasteiger partial charge is 0.456 e. The summed E-state index contributed by atoms with van der Waals surface area (Å²) in [6.45, 7) is 2.62. The van der Waals surface area contributed by atoms with Crippen molar-refractivity contribution in [1.29, 1.82) is 0 Å². The van der Waals surface area contributed by atoms with Crippen molar-refractivity contribution in [3.8, 4) is 0 Å². The van der Waals surface area contributed by atoms with E-state index in [2.05, 4.69) is 5.32 Å². The van der Waals surface area contributed by atoms with Crippen molar-refractivity contribution >= 4 is 22.6 Å². The van der Waals surface area contributed by atoms with Crippen molar-refractivity contribution in [2.45, 2.75) is 19.9 Å². The molecule has 1 heterocycles. The Morgan fingerprint density at radius 1 is 1.44 bits per heavy atom. The molecule has 0 unspecified atom stereocenters. The number of fused-ring (bicyclic) bond motifs is 1. The normalized spacial score (nSPS) is 11.2. The molecular formula is C12H13ClFNO. The molecule has 1 N–H and O–H groups in total. The summed E-state index contributed by atoms with van der Waals surface area (Å²) >= 11 is 5.72. The number of nitrogens with one attached hydrogen (secondary N) is 1. The summed E-state index contributed by atoms with van der Waals surface area (Å²) in [5.41, 5.74) is 1.30. The Labute approximate surface area is 98.4 Å². The molecule has 2 rings (SSSR count). The fourth-order valence-corrected chi connectivity index (χ4v) is 2.04. The van der Waals surface area contributed by atoms with Crippen LogP contribution in [0.1, 0.15) is 18.2 Å². The molecule has 0 fully saturated rings. The average Bonchev–Trinajstić information content (AvgIpc) is 2.62. The first-order chi connectivity index (χ1) is 7.69. The SMILES string of the molecule is CCc1c(CNC)oc2c(F)c(Cl)ccc12. The van der Waals surface area contributed by atoms with Gasteiger partial charge in [0.05, 0.1) is 11.6 Å². The van der Waals surface area contributed by atoms with Crippen LogP contribution in [0, 0.1) is 5.82 Å². The van der Waals surface area contributed by atoms with Crippen LogP contribution in [0.15, 0.2) is 16.5 Å². The van der Waals surface area contributed by atoms with Gasteiger partial charge in [-0.1, -0.05) is 18.5 Å². The summed E-state index contributed by atoms with van der Waals surface area (Å²) in [6, 6.07) is 3.37. The Morgan fingerprint density at radius 2 is 2.19 bits per heavy atom. The van der Waals surface area contributed by atoms with Gasteiger partial charge in [0.2, 0.25) is 0 Å². The first-order valence-electron chi connectivity index (χ1n) is 5.21. The number of halogens is 2. The minimum absolute atomic E-state index is 0.0971. The van der Waals surface area contributed by atoms with Crippen molar-refractivity contribution in [2.75, 3.05) is 7.05 Å². The minimum Gasteiger partial charge on any atom is -0.456 e. The molecule has 0 spiro atoms. The summed E-state index contributed by atoms with van der Waals surface area (Å²) in [4.78, 5) is 0. The number of hydrogen-bond acceptors (Lipinski definition) is 2. The van der Waals surface area contributed by atoms with Crippen LogP contribution in [0.4, 0.5) is 4.39 Å². The summed E-state index contributed by atoms with van der Waals surface area (Å²) < 4.78 is 19.2. The maximum atomic E-state index is 13.7. The molecular weight excluding hydrogens is 229 g/mol. The topological polar surface area (TPSA) is 25.2 Å². The van der Waals surface area contributed by atoms with E-state index >= 15 is 0 Å². The lowest BCUT2D eigenvalue weighted by Crippen LogP contribution is -2.05. The van der Waals surface area contributed by atoms with Crippen LogP contribution in [-0.2, 0) is 13.0 Å². The minimum atomic E-state index is -0.476. The number of hydrogen-bond donors (Lipinski definition) is 1. The molecule has 0 saturated heterocycles. The van der Waals surface area contributed by atoms with Gasteiger partial charge in [-0.2, -0.15) is 0 Å². The third kappa shape index (κ3) is 1.70. The predicted molar refractivity (Wildman–Crippen MR) is 63.3 cm³/mol. The van der Waals surface area contributed by atoms with Gasteiger partial charge in [-0.25, -0.2) is 4.39 Å². The second kappa shape index (κ2) is 4.44. The van der Waals surface area contributed by atoms with Gasteiger partial charge >= 0.3 is 0 Å². The molecule has 1 aromatic carbocycles. The average molecular weight is 242 g/mol. The van der Waals surface area contributed by atoms with Gasteiger partial charge in [-0.05, 0) is 25.6 Å². The van der Waals surface area contributed by atoms with Crippen LogP contribution in [0.25, 0.3) is 11.0 Å².